The van der Waals surface area contributed by atoms with Gasteiger partial charge in [-0.25, -0.2) is 0 Å². The molecule has 0 unspecified atom stereocenters. The summed E-state index contributed by atoms with van der Waals surface area (Å²) in [5, 5.41) is 7.34. The van der Waals surface area contributed by atoms with Crippen molar-refractivity contribution in [2.75, 3.05) is 41.0 Å². The number of ether oxygens (including phenoxy) is 2. The van der Waals surface area contributed by atoms with Crippen molar-refractivity contribution in [3.8, 4) is 5.75 Å². The number of methoxy groups -OCH3 is 2. The number of hydrogen-bond acceptors (Lipinski definition) is 3. The van der Waals surface area contributed by atoms with Gasteiger partial charge in [0, 0.05) is 38.9 Å². The largest absolute Gasteiger partial charge is 0.497 e. The lowest BCUT2D eigenvalue weighted by molar-refractivity contribution is 0.192. The molecule has 2 N–H and O–H groups in total. The van der Waals surface area contributed by atoms with Crippen LogP contribution in [0.5, 0.6) is 5.75 Å². The Morgan fingerprint density at radius 3 is 2.57 bits per heavy atom. The third-order valence-corrected chi connectivity index (χ3v) is 3.84. The number of halogens is 1. The average Bonchev–Trinajstić information content (AvgIpc) is 2.57. The Hall–Kier alpha value is -1.46. The van der Waals surface area contributed by atoms with Crippen molar-refractivity contribution in [2.24, 2.45) is 4.99 Å². The summed E-state index contributed by atoms with van der Waals surface area (Å²) in [6.07, 6.45) is 4.19. The molecule has 0 spiro atoms. The maximum Gasteiger partial charge on any atom is 0.190 e. The summed E-state index contributed by atoms with van der Waals surface area (Å²) in [5.74, 6) is 1.60. The molecule has 6 heteroatoms. The molecule has 0 radical (unpaired) electrons. The fourth-order valence-electron chi connectivity index (χ4n) is 2.15. The lowest BCUT2D eigenvalue weighted by Gasteiger charge is -2.12. The first-order valence-electron chi connectivity index (χ1n) is 7.97. The van der Waals surface area contributed by atoms with Crippen LogP contribution in [0, 0.1) is 0 Å². The van der Waals surface area contributed by atoms with Gasteiger partial charge in [-0.2, -0.15) is 0 Å². The van der Waals surface area contributed by atoms with Crippen LogP contribution in [0.15, 0.2) is 23.2 Å². The second-order valence-corrected chi connectivity index (χ2v) is 5.59. The average molecular weight is 342 g/mol. The molecule has 0 aliphatic heterocycles. The van der Waals surface area contributed by atoms with Crippen LogP contribution in [0.25, 0.3) is 0 Å². The zero-order chi connectivity index (χ0) is 16.9. The van der Waals surface area contributed by atoms with Crippen LogP contribution < -0.4 is 15.4 Å². The van der Waals surface area contributed by atoms with Gasteiger partial charge in [0.15, 0.2) is 5.96 Å². The van der Waals surface area contributed by atoms with Crippen LogP contribution in [0.3, 0.4) is 0 Å². The highest BCUT2D eigenvalue weighted by atomic mass is 35.5. The molecule has 0 fully saturated rings. The van der Waals surface area contributed by atoms with Gasteiger partial charge in [0.05, 0.1) is 7.11 Å². The Bertz CT molecular complexity index is 481. The lowest BCUT2D eigenvalue weighted by Crippen LogP contribution is -2.38. The number of aliphatic imine (C=N–C) groups is 1. The molecule has 0 aromatic heterocycles. The molecule has 23 heavy (non-hydrogen) atoms. The SMILES string of the molecule is CN=C(NCCCCCOC)NCCc1ccc(OC)cc1Cl. The first-order valence-corrected chi connectivity index (χ1v) is 8.35. The zero-order valence-electron chi connectivity index (χ0n) is 14.3. The van der Waals surface area contributed by atoms with Crippen LogP contribution in [0.1, 0.15) is 24.8 Å². The second kappa shape index (κ2) is 12.0. The second-order valence-electron chi connectivity index (χ2n) is 5.19. The fourth-order valence-corrected chi connectivity index (χ4v) is 2.41. The predicted octanol–water partition coefficient (Wildman–Crippen LogP) is 2.87. The maximum atomic E-state index is 6.24. The van der Waals surface area contributed by atoms with Crippen molar-refractivity contribution in [3.63, 3.8) is 0 Å². The number of rotatable bonds is 10. The molecule has 0 atom stereocenters. The molecular weight excluding hydrogens is 314 g/mol. The molecule has 0 bridgehead atoms. The minimum absolute atomic E-state index is 0.729. The fraction of sp³-hybridized carbons (Fsp3) is 0.588. The Morgan fingerprint density at radius 1 is 1.13 bits per heavy atom. The first-order chi connectivity index (χ1) is 11.2. The summed E-state index contributed by atoms with van der Waals surface area (Å²) < 4.78 is 10.2. The van der Waals surface area contributed by atoms with E-state index in [1.807, 2.05) is 18.2 Å². The number of benzene rings is 1. The van der Waals surface area contributed by atoms with Crippen molar-refractivity contribution < 1.29 is 9.47 Å². The number of nitrogens with zero attached hydrogens (tertiary/aromatic N) is 1. The highest BCUT2D eigenvalue weighted by molar-refractivity contribution is 6.31. The molecule has 1 aromatic rings. The van der Waals surface area contributed by atoms with E-state index in [-0.39, 0.29) is 0 Å². The number of unbranched alkanes of at least 4 members (excludes halogenated alkanes) is 2. The van der Waals surface area contributed by atoms with Crippen LogP contribution in [-0.4, -0.2) is 46.9 Å². The van der Waals surface area contributed by atoms with Crippen molar-refractivity contribution in [2.45, 2.75) is 25.7 Å². The van der Waals surface area contributed by atoms with Gasteiger partial charge in [0.1, 0.15) is 5.75 Å². The summed E-state index contributed by atoms with van der Waals surface area (Å²) in [7, 11) is 5.15. The molecule has 5 nitrogen and oxygen atoms in total. The van der Waals surface area contributed by atoms with Crippen molar-refractivity contribution in [1.29, 1.82) is 0 Å². The van der Waals surface area contributed by atoms with E-state index in [1.54, 1.807) is 21.3 Å². The van der Waals surface area contributed by atoms with Crippen molar-refractivity contribution in [3.05, 3.63) is 28.8 Å². The molecular formula is C17H28ClN3O2. The van der Waals surface area contributed by atoms with Crippen LogP contribution >= 0.6 is 11.6 Å². The van der Waals surface area contributed by atoms with E-state index in [0.717, 1.165) is 67.7 Å². The van der Waals surface area contributed by atoms with E-state index < -0.39 is 0 Å². The molecule has 0 saturated heterocycles. The van der Waals surface area contributed by atoms with E-state index in [0.29, 0.717) is 0 Å². The third kappa shape index (κ3) is 8.09. The minimum Gasteiger partial charge on any atom is -0.497 e. The van der Waals surface area contributed by atoms with E-state index in [1.165, 1.54) is 0 Å². The molecule has 0 heterocycles. The van der Waals surface area contributed by atoms with Gasteiger partial charge in [-0.05, 0) is 43.4 Å². The summed E-state index contributed by atoms with van der Waals surface area (Å²) in [4.78, 5) is 4.22. The Labute approximate surface area is 144 Å². The first kappa shape index (κ1) is 19.6. The Balaban J connectivity index is 2.24. The van der Waals surface area contributed by atoms with Gasteiger partial charge in [0.2, 0.25) is 0 Å². The molecule has 130 valence electrons. The molecule has 1 aromatic carbocycles. The lowest BCUT2D eigenvalue weighted by atomic mass is 10.1. The van der Waals surface area contributed by atoms with Gasteiger partial charge >= 0.3 is 0 Å². The third-order valence-electron chi connectivity index (χ3n) is 3.49. The monoisotopic (exact) mass is 341 g/mol. The van der Waals surface area contributed by atoms with Crippen molar-refractivity contribution in [1.82, 2.24) is 10.6 Å². The van der Waals surface area contributed by atoms with E-state index >= 15 is 0 Å². The quantitative estimate of drug-likeness (QED) is 0.390. The molecule has 0 aliphatic rings. The van der Waals surface area contributed by atoms with E-state index in [9.17, 15) is 0 Å². The number of hydrogen-bond donors (Lipinski definition) is 2. The van der Waals surface area contributed by atoms with E-state index in [2.05, 4.69) is 15.6 Å². The standard InChI is InChI=1S/C17H28ClN3O2/c1-19-17(20-10-5-4-6-12-22-2)21-11-9-14-7-8-15(23-3)13-16(14)18/h7-8,13H,4-6,9-12H2,1-3H3,(H2,19,20,21). The predicted molar refractivity (Wildman–Crippen MR) is 96.8 cm³/mol. The molecule has 0 amide bonds. The van der Waals surface area contributed by atoms with Gasteiger partial charge in [-0.1, -0.05) is 17.7 Å². The van der Waals surface area contributed by atoms with Crippen LogP contribution in [-0.2, 0) is 11.2 Å². The zero-order valence-corrected chi connectivity index (χ0v) is 15.1. The van der Waals surface area contributed by atoms with Gasteiger partial charge in [-0.15, -0.1) is 0 Å². The highest BCUT2D eigenvalue weighted by Crippen LogP contribution is 2.22. The topological polar surface area (TPSA) is 54.9 Å². The summed E-state index contributed by atoms with van der Waals surface area (Å²) in [5.41, 5.74) is 1.09. The van der Waals surface area contributed by atoms with Gasteiger partial charge < -0.3 is 20.1 Å². The van der Waals surface area contributed by atoms with Crippen LogP contribution in [0.2, 0.25) is 5.02 Å². The summed E-state index contributed by atoms with van der Waals surface area (Å²) in [6, 6.07) is 5.76. The summed E-state index contributed by atoms with van der Waals surface area (Å²) in [6.45, 7) is 2.51. The van der Waals surface area contributed by atoms with Gasteiger partial charge in [-0.3, -0.25) is 4.99 Å². The van der Waals surface area contributed by atoms with E-state index in [4.69, 9.17) is 21.1 Å². The molecule has 0 saturated carbocycles. The number of guanidine groups is 1. The Morgan fingerprint density at radius 2 is 1.91 bits per heavy atom. The highest BCUT2D eigenvalue weighted by Gasteiger charge is 2.03. The minimum atomic E-state index is 0.729. The van der Waals surface area contributed by atoms with Crippen molar-refractivity contribution >= 4 is 17.6 Å². The molecule has 1 rings (SSSR count). The summed E-state index contributed by atoms with van der Waals surface area (Å²) >= 11 is 6.24. The van der Waals surface area contributed by atoms with Crippen LogP contribution in [0.4, 0.5) is 0 Å². The Kier molecular flexibility index (Phi) is 10.2. The van der Waals surface area contributed by atoms with Gasteiger partial charge in [0.25, 0.3) is 0 Å². The smallest absolute Gasteiger partial charge is 0.190 e. The maximum absolute atomic E-state index is 6.24. The number of nitrogens with one attached hydrogen (secondary N) is 2. The normalized spacial score (nSPS) is 11.4. The molecule has 0 aliphatic carbocycles.